The molecule has 2 rings (SSSR count). The zero-order chi connectivity index (χ0) is 15.4. The van der Waals surface area contributed by atoms with Crippen molar-refractivity contribution in [2.24, 2.45) is 0 Å². The van der Waals surface area contributed by atoms with Crippen LogP contribution < -0.4 is 5.32 Å². The molecule has 0 saturated carbocycles. The first-order chi connectivity index (χ1) is 10.1. The quantitative estimate of drug-likeness (QED) is 0.913. The molecule has 2 aromatic rings. The Labute approximate surface area is 125 Å². The van der Waals surface area contributed by atoms with Crippen LogP contribution in [0.1, 0.15) is 59.8 Å². The molecule has 0 radical (unpaired) electrons. The van der Waals surface area contributed by atoms with Crippen LogP contribution in [0.15, 0.2) is 28.8 Å². The van der Waals surface area contributed by atoms with Crippen molar-refractivity contribution in [3.05, 3.63) is 52.4 Å². The number of aryl methyl sites for hydroxylation is 3. The number of nitrogens with one attached hydrogen (secondary N) is 1. The van der Waals surface area contributed by atoms with Gasteiger partial charge in [0, 0.05) is 6.42 Å². The summed E-state index contributed by atoms with van der Waals surface area (Å²) in [4.78, 5) is 12.4. The fraction of sp³-hybridized carbons (Fsp3) is 0.412. The van der Waals surface area contributed by atoms with Crippen LogP contribution in [0.5, 0.6) is 0 Å². The molecule has 0 aliphatic heterocycles. The molecule has 0 bridgehead atoms. The molecule has 112 valence electrons. The molecule has 1 heterocycles. The molecule has 4 heteroatoms. The lowest BCUT2D eigenvalue weighted by atomic mass is 10.0. The third kappa shape index (κ3) is 3.32. The first-order valence-corrected chi connectivity index (χ1v) is 7.41. The Bertz CT molecular complexity index is 614. The second-order valence-corrected chi connectivity index (χ2v) is 5.21. The first kappa shape index (κ1) is 15.3. The van der Waals surface area contributed by atoms with E-state index < -0.39 is 0 Å². The molecule has 0 aliphatic rings. The van der Waals surface area contributed by atoms with E-state index >= 15 is 0 Å². The van der Waals surface area contributed by atoms with Crippen molar-refractivity contribution in [2.75, 3.05) is 0 Å². The Morgan fingerprint density at radius 2 is 1.90 bits per heavy atom. The molecule has 21 heavy (non-hydrogen) atoms. The lowest BCUT2D eigenvalue weighted by Gasteiger charge is -2.14. The van der Waals surface area contributed by atoms with E-state index in [0.29, 0.717) is 23.4 Å². The predicted octanol–water partition coefficient (Wildman–Crippen LogP) is 3.60. The molecule has 0 fully saturated rings. The minimum absolute atomic E-state index is 0.0533. The van der Waals surface area contributed by atoms with Crippen LogP contribution in [0.4, 0.5) is 0 Å². The molecule has 1 amide bonds. The lowest BCUT2D eigenvalue weighted by Crippen LogP contribution is -2.27. The van der Waals surface area contributed by atoms with E-state index in [9.17, 15) is 4.79 Å². The van der Waals surface area contributed by atoms with Crippen LogP contribution in [-0.4, -0.2) is 11.1 Å². The molecule has 0 aliphatic carbocycles. The number of aromatic nitrogens is 1. The summed E-state index contributed by atoms with van der Waals surface area (Å²) >= 11 is 0. The van der Waals surface area contributed by atoms with Gasteiger partial charge >= 0.3 is 0 Å². The van der Waals surface area contributed by atoms with E-state index in [-0.39, 0.29) is 11.9 Å². The van der Waals surface area contributed by atoms with E-state index in [1.807, 2.05) is 13.8 Å². The number of carbonyl (C=O) groups excluding carboxylic acids is 1. The second kappa shape index (κ2) is 6.57. The molecule has 1 aromatic heterocycles. The summed E-state index contributed by atoms with van der Waals surface area (Å²) in [7, 11) is 0. The van der Waals surface area contributed by atoms with E-state index in [1.165, 1.54) is 5.56 Å². The highest BCUT2D eigenvalue weighted by Gasteiger charge is 2.20. The number of hydrogen-bond donors (Lipinski definition) is 1. The van der Waals surface area contributed by atoms with E-state index in [0.717, 1.165) is 12.0 Å². The summed E-state index contributed by atoms with van der Waals surface area (Å²) in [5.74, 6) is 0.510. The Kier molecular flexibility index (Phi) is 4.78. The topological polar surface area (TPSA) is 55.1 Å². The van der Waals surface area contributed by atoms with Gasteiger partial charge in [0.15, 0.2) is 0 Å². The van der Waals surface area contributed by atoms with Crippen LogP contribution in [0.25, 0.3) is 0 Å². The SMILES string of the molecule is CCc1ccc(C(C)NC(=O)c2c(C)noc2CC)cc1. The number of hydrogen-bond acceptors (Lipinski definition) is 3. The van der Waals surface area contributed by atoms with Crippen molar-refractivity contribution in [1.82, 2.24) is 10.5 Å². The maximum Gasteiger partial charge on any atom is 0.257 e. The molecule has 1 unspecified atom stereocenters. The van der Waals surface area contributed by atoms with Crippen molar-refractivity contribution in [3.8, 4) is 0 Å². The summed E-state index contributed by atoms with van der Waals surface area (Å²) in [5.41, 5.74) is 3.58. The highest BCUT2D eigenvalue weighted by molar-refractivity contribution is 5.96. The predicted molar refractivity (Wildman–Crippen MR) is 82.3 cm³/mol. The van der Waals surface area contributed by atoms with Crippen LogP contribution in [0.3, 0.4) is 0 Å². The fourth-order valence-electron chi connectivity index (χ4n) is 2.34. The molecule has 1 N–H and O–H groups in total. The number of carbonyl (C=O) groups is 1. The monoisotopic (exact) mass is 286 g/mol. The van der Waals surface area contributed by atoms with E-state index in [2.05, 4.69) is 41.7 Å². The molecular weight excluding hydrogens is 264 g/mol. The molecular formula is C17H22N2O2. The number of nitrogens with zero attached hydrogens (tertiary/aromatic N) is 1. The van der Waals surface area contributed by atoms with E-state index in [4.69, 9.17) is 4.52 Å². The third-order valence-electron chi connectivity index (χ3n) is 3.72. The average Bonchev–Trinajstić information content (AvgIpc) is 2.88. The minimum atomic E-state index is -0.127. The maximum absolute atomic E-state index is 12.4. The molecule has 1 aromatic carbocycles. The first-order valence-electron chi connectivity index (χ1n) is 7.41. The third-order valence-corrected chi connectivity index (χ3v) is 3.72. The van der Waals surface area contributed by atoms with Crippen molar-refractivity contribution < 1.29 is 9.32 Å². The number of benzene rings is 1. The highest BCUT2D eigenvalue weighted by Crippen LogP contribution is 2.18. The van der Waals surface area contributed by atoms with Gasteiger partial charge in [-0.3, -0.25) is 4.79 Å². The second-order valence-electron chi connectivity index (χ2n) is 5.21. The molecule has 1 atom stereocenters. The normalized spacial score (nSPS) is 12.2. The van der Waals surface area contributed by atoms with Crippen molar-refractivity contribution >= 4 is 5.91 Å². The summed E-state index contributed by atoms with van der Waals surface area (Å²) in [5, 5.41) is 6.89. The largest absolute Gasteiger partial charge is 0.360 e. The number of amides is 1. The van der Waals surface area contributed by atoms with Gasteiger partial charge in [-0.1, -0.05) is 43.3 Å². The maximum atomic E-state index is 12.4. The molecule has 4 nitrogen and oxygen atoms in total. The zero-order valence-electron chi connectivity index (χ0n) is 13.1. The van der Waals surface area contributed by atoms with Crippen molar-refractivity contribution in [2.45, 2.75) is 46.6 Å². The lowest BCUT2D eigenvalue weighted by molar-refractivity contribution is 0.0937. The van der Waals surface area contributed by atoms with Gasteiger partial charge < -0.3 is 9.84 Å². The number of rotatable bonds is 5. The van der Waals surface area contributed by atoms with Crippen LogP contribution in [-0.2, 0) is 12.8 Å². The van der Waals surface area contributed by atoms with Gasteiger partial charge in [-0.15, -0.1) is 0 Å². The minimum Gasteiger partial charge on any atom is -0.360 e. The van der Waals surface area contributed by atoms with Crippen LogP contribution >= 0.6 is 0 Å². The van der Waals surface area contributed by atoms with Crippen molar-refractivity contribution in [3.63, 3.8) is 0 Å². The summed E-state index contributed by atoms with van der Waals surface area (Å²) in [6, 6.07) is 8.26. The Hall–Kier alpha value is -2.10. The van der Waals surface area contributed by atoms with Gasteiger partial charge in [-0.2, -0.15) is 0 Å². The van der Waals surface area contributed by atoms with Crippen LogP contribution in [0.2, 0.25) is 0 Å². The van der Waals surface area contributed by atoms with Gasteiger partial charge in [-0.05, 0) is 31.4 Å². The van der Waals surface area contributed by atoms with E-state index in [1.54, 1.807) is 6.92 Å². The Morgan fingerprint density at radius 3 is 2.48 bits per heavy atom. The van der Waals surface area contributed by atoms with Gasteiger partial charge in [-0.25, -0.2) is 0 Å². The highest BCUT2D eigenvalue weighted by atomic mass is 16.5. The standard InChI is InChI=1S/C17H22N2O2/c1-5-13-7-9-14(10-8-13)11(3)18-17(20)16-12(4)19-21-15(16)6-2/h7-11H,5-6H2,1-4H3,(H,18,20). The van der Waals surface area contributed by atoms with Gasteiger partial charge in [0.2, 0.25) is 0 Å². The van der Waals surface area contributed by atoms with Crippen LogP contribution in [0, 0.1) is 6.92 Å². The molecule has 0 spiro atoms. The summed E-state index contributed by atoms with van der Waals surface area (Å²) in [6.45, 7) is 7.84. The molecule has 0 saturated heterocycles. The summed E-state index contributed by atoms with van der Waals surface area (Å²) in [6.07, 6.45) is 1.67. The smallest absolute Gasteiger partial charge is 0.257 e. The van der Waals surface area contributed by atoms with Gasteiger partial charge in [0.05, 0.1) is 11.7 Å². The Balaban J connectivity index is 2.12. The van der Waals surface area contributed by atoms with Gasteiger partial charge in [0.25, 0.3) is 5.91 Å². The Morgan fingerprint density at radius 1 is 1.24 bits per heavy atom. The average molecular weight is 286 g/mol. The fourth-order valence-corrected chi connectivity index (χ4v) is 2.34. The van der Waals surface area contributed by atoms with Gasteiger partial charge in [0.1, 0.15) is 11.3 Å². The summed E-state index contributed by atoms with van der Waals surface area (Å²) < 4.78 is 5.17. The van der Waals surface area contributed by atoms with Crippen molar-refractivity contribution in [1.29, 1.82) is 0 Å². The zero-order valence-corrected chi connectivity index (χ0v) is 13.1.